The Bertz CT molecular complexity index is 515. The van der Waals surface area contributed by atoms with Crippen molar-refractivity contribution in [3.05, 3.63) is 35.9 Å². The van der Waals surface area contributed by atoms with Crippen LogP contribution in [-0.2, 0) is 11.2 Å². The predicted molar refractivity (Wildman–Crippen MR) is 90.1 cm³/mol. The maximum atomic E-state index is 15.2. The van der Waals surface area contributed by atoms with Crippen LogP contribution < -0.4 is 0 Å². The van der Waals surface area contributed by atoms with Gasteiger partial charge in [0.25, 0.3) is 5.91 Å². The molecule has 1 unspecified atom stereocenters. The van der Waals surface area contributed by atoms with Gasteiger partial charge in [-0.05, 0) is 57.2 Å². The van der Waals surface area contributed by atoms with Gasteiger partial charge >= 0.3 is 0 Å². The molecule has 3 rings (SSSR count). The molecule has 0 aromatic heterocycles. The summed E-state index contributed by atoms with van der Waals surface area (Å²) in [5, 5.41) is 0. The van der Waals surface area contributed by atoms with Crippen LogP contribution in [0.1, 0.15) is 37.7 Å². The summed E-state index contributed by atoms with van der Waals surface area (Å²) in [4.78, 5) is 16.4. The number of aryl methyl sites for hydroxylation is 1. The van der Waals surface area contributed by atoms with E-state index >= 15 is 4.39 Å². The topological polar surface area (TPSA) is 23.6 Å². The smallest absolute Gasteiger partial charge is 0.261 e. The van der Waals surface area contributed by atoms with Crippen molar-refractivity contribution in [3.8, 4) is 0 Å². The molecule has 0 spiro atoms. The molecule has 1 amide bonds. The molecule has 0 bridgehead atoms. The van der Waals surface area contributed by atoms with E-state index in [1.807, 2.05) is 6.07 Å². The van der Waals surface area contributed by atoms with E-state index in [1.54, 1.807) is 4.90 Å². The van der Waals surface area contributed by atoms with E-state index in [0.29, 0.717) is 6.42 Å². The van der Waals surface area contributed by atoms with Crippen LogP contribution in [0, 0.1) is 0 Å². The Morgan fingerprint density at radius 3 is 2.57 bits per heavy atom. The zero-order valence-corrected chi connectivity index (χ0v) is 13.8. The summed E-state index contributed by atoms with van der Waals surface area (Å²) in [7, 11) is 0. The summed E-state index contributed by atoms with van der Waals surface area (Å²) in [5.41, 5.74) is -0.334. The standard InChI is InChI=1S/C19H27FN2O/c20-19(18(23)22-14-4-5-15-22)11-7-13-21(16-19)12-6-10-17-8-2-1-3-9-17/h1-3,8-9H,4-7,10-16H2. The molecule has 0 saturated carbocycles. The second-order valence-electron chi connectivity index (χ2n) is 6.93. The van der Waals surface area contributed by atoms with Gasteiger partial charge in [-0.2, -0.15) is 0 Å². The van der Waals surface area contributed by atoms with Gasteiger partial charge in [-0.3, -0.25) is 9.69 Å². The molecule has 0 N–H and O–H groups in total. The van der Waals surface area contributed by atoms with Crippen LogP contribution >= 0.6 is 0 Å². The molecule has 2 heterocycles. The third-order valence-electron chi connectivity index (χ3n) is 5.08. The van der Waals surface area contributed by atoms with Crippen molar-refractivity contribution in [2.45, 2.75) is 44.2 Å². The molecule has 2 aliphatic rings. The first-order chi connectivity index (χ1) is 11.2. The number of piperidine rings is 1. The number of likely N-dealkylation sites (tertiary alicyclic amines) is 2. The van der Waals surface area contributed by atoms with Gasteiger partial charge in [-0.1, -0.05) is 30.3 Å². The zero-order chi connectivity index (χ0) is 16.1. The molecule has 3 nitrogen and oxygen atoms in total. The summed E-state index contributed by atoms with van der Waals surface area (Å²) in [6.45, 7) is 3.52. The maximum absolute atomic E-state index is 15.2. The monoisotopic (exact) mass is 318 g/mol. The fraction of sp³-hybridized carbons (Fsp3) is 0.632. The molecule has 2 saturated heterocycles. The number of nitrogens with zero attached hydrogens (tertiary/aromatic N) is 2. The zero-order valence-electron chi connectivity index (χ0n) is 13.8. The third kappa shape index (κ3) is 4.11. The van der Waals surface area contributed by atoms with Crippen molar-refractivity contribution in [1.29, 1.82) is 0 Å². The van der Waals surface area contributed by atoms with Crippen LogP contribution in [0.2, 0.25) is 0 Å². The van der Waals surface area contributed by atoms with E-state index in [2.05, 4.69) is 29.2 Å². The van der Waals surface area contributed by atoms with Crippen LogP contribution in [0.15, 0.2) is 30.3 Å². The molecule has 1 atom stereocenters. The van der Waals surface area contributed by atoms with E-state index in [4.69, 9.17) is 0 Å². The number of alkyl halides is 1. The minimum absolute atomic E-state index is 0.261. The molecule has 126 valence electrons. The Kier molecular flexibility index (Phi) is 5.31. The highest BCUT2D eigenvalue weighted by Gasteiger charge is 2.45. The van der Waals surface area contributed by atoms with Gasteiger partial charge < -0.3 is 4.90 Å². The molecule has 2 fully saturated rings. The maximum Gasteiger partial charge on any atom is 0.261 e. The average molecular weight is 318 g/mol. The molecule has 0 radical (unpaired) electrons. The molecule has 4 heteroatoms. The van der Waals surface area contributed by atoms with Gasteiger partial charge in [0, 0.05) is 19.6 Å². The third-order valence-corrected chi connectivity index (χ3v) is 5.08. The predicted octanol–water partition coefficient (Wildman–Crippen LogP) is 3.05. The van der Waals surface area contributed by atoms with Crippen molar-refractivity contribution in [3.63, 3.8) is 0 Å². The second-order valence-corrected chi connectivity index (χ2v) is 6.93. The van der Waals surface area contributed by atoms with Gasteiger partial charge in [-0.25, -0.2) is 4.39 Å². The fourth-order valence-corrected chi connectivity index (χ4v) is 3.82. The Hall–Kier alpha value is -1.42. The summed E-state index contributed by atoms with van der Waals surface area (Å²) in [5.74, 6) is -0.261. The SMILES string of the molecule is O=C(N1CCCC1)C1(F)CCCN(CCCc2ccccc2)C1. The summed E-state index contributed by atoms with van der Waals surface area (Å²) in [6, 6.07) is 10.4. The number of carbonyl (C=O) groups excluding carboxylic acids is 1. The first-order valence-corrected chi connectivity index (χ1v) is 8.92. The number of hydrogen-bond donors (Lipinski definition) is 0. The first kappa shape index (κ1) is 16.4. The highest BCUT2D eigenvalue weighted by atomic mass is 19.1. The van der Waals surface area contributed by atoms with Gasteiger partial charge in [0.05, 0.1) is 0 Å². The Morgan fingerprint density at radius 2 is 1.83 bits per heavy atom. The summed E-state index contributed by atoms with van der Waals surface area (Å²) >= 11 is 0. The molecule has 2 aliphatic heterocycles. The van der Waals surface area contributed by atoms with Gasteiger partial charge in [0.2, 0.25) is 5.67 Å². The van der Waals surface area contributed by atoms with Crippen molar-refractivity contribution in [1.82, 2.24) is 9.80 Å². The number of amides is 1. The first-order valence-electron chi connectivity index (χ1n) is 8.92. The van der Waals surface area contributed by atoms with Crippen molar-refractivity contribution in [2.24, 2.45) is 0 Å². The number of rotatable bonds is 5. The van der Waals surface area contributed by atoms with Crippen molar-refractivity contribution >= 4 is 5.91 Å². The van der Waals surface area contributed by atoms with Crippen LogP contribution in [0.3, 0.4) is 0 Å². The molecule has 23 heavy (non-hydrogen) atoms. The Balaban J connectivity index is 1.50. The van der Waals surface area contributed by atoms with E-state index in [1.165, 1.54) is 5.56 Å². The van der Waals surface area contributed by atoms with Crippen molar-refractivity contribution < 1.29 is 9.18 Å². The molecule has 0 aliphatic carbocycles. The number of carbonyl (C=O) groups is 1. The molecular formula is C19H27FN2O. The lowest BCUT2D eigenvalue weighted by Crippen LogP contribution is -2.55. The number of halogens is 1. The fourth-order valence-electron chi connectivity index (χ4n) is 3.82. The second kappa shape index (κ2) is 7.43. The van der Waals surface area contributed by atoms with Crippen molar-refractivity contribution in [2.75, 3.05) is 32.7 Å². The molecular weight excluding hydrogens is 291 g/mol. The summed E-state index contributed by atoms with van der Waals surface area (Å²) in [6.07, 6.45) is 5.22. The Labute approximate surface area is 138 Å². The minimum atomic E-state index is -1.66. The minimum Gasteiger partial charge on any atom is -0.340 e. The largest absolute Gasteiger partial charge is 0.340 e. The van der Waals surface area contributed by atoms with Crippen LogP contribution in [0.4, 0.5) is 4.39 Å². The van der Waals surface area contributed by atoms with Gasteiger partial charge in [-0.15, -0.1) is 0 Å². The lowest BCUT2D eigenvalue weighted by molar-refractivity contribution is -0.146. The summed E-state index contributed by atoms with van der Waals surface area (Å²) < 4.78 is 15.2. The van der Waals surface area contributed by atoms with Gasteiger partial charge in [0.15, 0.2) is 0 Å². The lowest BCUT2D eigenvalue weighted by atomic mass is 9.93. The Morgan fingerprint density at radius 1 is 1.09 bits per heavy atom. The molecule has 1 aromatic rings. The van der Waals surface area contributed by atoms with E-state index in [9.17, 15) is 4.79 Å². The number of hydrogen-bond acceptors (Lipinski definition) is 2. The average Bonchev–Trinajstić information content (AvgIpc) is 3.10. The van der Waals surface area contributed by atoms with Crippen LogP contribution in [-0.4, -0.2) is 54.1 Å². The van der Waals surface area contributed by atoms with E-state index in [0.717, 1.165) is 58.3 Å². The van der Waals surface area contributed by atoms with Crippen LogP contribution in [0.5, 0.6) is 0 Å². The van der Waals surface area contributed by atoms with E-state index < -0.39 is 5.67 Å². The normalized spacial score (nSPS) is 25.7. The quantitative estimate of drug-likeness (QED) is 0.833. The number of benzene rings is 1. The van der Waals surface area contributed by atoms with Gasteiger partial charge in [0.1, 0.15) is 0 Å². The molecule has 1 aromatic carbocycles. The lowest BCUT2D eigenvalue weighted by Gasteiger charge is -2.38. The highest BCUT2D eigenvalue weighted by Crippen LogP contribution is 2.29. The highest BCUT2D eigenvalue weighted by molar-refractivity contribution is 5.85. The van der Waals surface area contributed by atoms with E-state index in [-0.39, 0.29) is 12.5 Å². The van der Waals surface area contributed by atoms with Crippen LogP contribution in [0.25, 0.3) is 0 Å².